The molecule has 1 aliphatic rings. The minimum absolute atomic E-state index is 0.0481. The smallest absolute Gasteiger partial charge is 0.207 e. The normalized spacial score (nSPS) is 22.9. The van der Waals surface area contributed by atoms with Gasteiger partial charge in [0.05, 0.1) is 0 Å². The van der Waals surface area contributed by atoms with Crippen molar-refractivity contribution in [1.82, 2.24) is 0 Å². The van der Waals surface area contributed by atoms with E-state index in [2.05, 4.69) is 38.1 Å². The van der Waals surface area contributed by atoms with E-state index in [9.17, 15) is 8.78 Å². The topological polar surface area (TPSA) is 0 Å². The Hall–Kier alpha value is -0.920. The van der Waals surface area contributed by atoms with Crippen LogP contribution in [-0.2, 0) is 5.41 Å². The summed E-state index contributed by atoms with van der Waals surface area (Å²) in [6.45, 7) is 4.44. The van der Waals surface area contributed by atoms with Crippen molar-refractivity contribution in [2.45, 2.75) is 63.7 Å². The van der Waals surface area contributed by atoms with Gasteiger partial charge in [-0.3, -0.25) is 0 Å². The Morgan fingerprint density at radius 3 is 2.26 bits per heavy atom. The van der Waals surface area contributed by atoms with E-state index in [0.29, 0.717) is 18.8 Å². The number of hydrogen-bond donors (Lipinski definition) is 0. The van der Waals surface area contributed by atoms with Crippen molar-refractivity contribution in [3.8, 4) is 0 Å². The summed E-state index contributed by atoms with van der Waals surface area (Å²) in [6, 6.07) is 10.4. The molecule has 1 unspecified atom stereocenters. The lowest BCUT2D eigenvalue weighted by atomic mass is 9.63. The van der Waals surface area contributed by atoms with Crippen LogP contribution in [0.4, 0.5) is 8.78 Å². The molecule has 0 bridgehead atoms. The predicted octanol–water partition coefficient (Wildman–Crippen LogP) is 5.57. The molecule has 19 heavy (non-hydrogen) atoms. The van der Waals surface area contributed by atoms with Crippen LogP contribution in [0.1, 0.15) is 57.9 Å². The predicted molar refractivity (Wildman–Crippen MR) is 75.6 cm³/mol. The highest BCUT2D eigenvalue weighted by atomic mass is 19.3. The zero-order valence-corrected chi connectivity index (χ0v) is 12.0. The summed E-state index contributed by atoms with van der Waals surface area (Å²) in [6.07, 6.45) is 3.59. The van der Waals surface area contributed by atoms with Gasteiger partial charge in [-0.15, -0.1) is 0 Å². The van der Waals surface area contributed by atoms with Crippen LogP contribution < -0.4 is 0 Å². The average Bonchev–Trinajstić information content (AvgIpc) is 2.39. The SMILES string of the molecule is CCCC(C)(c1ccccc1)C1CCC(F)(F)CC1. The van der Waals surface area contributed by atoms with Crippen molar-refractivity contribution in [1.29, 1.82) is 0 Å². The van der Waals surface area contributed by atoms with Gasteiger partial charge in [0, 0.05) is 12.8 Å². The second-order valence-corrected chi connectivity index (χ2v) is 6.16. The second-order valence-electron chi connectivity index (χ2n) is 6.16. The summed E-state index contributed by atoms with van der Waals surface area (Å²) in [7, 11) is 0. The molecule has 1 aromatic carbocycles. The molecule has 2 heteroatoms. The molecule has 0 amide bonds. The van der Waals surface area contributed by atoms with E-state index < -0.39 is 5.92 Å². The third kappa shape index (κ3) is 3.16. The summed E-state index contributed by atoms with van der Waals surface area (Å²) < 4.78 is 26.7. The van der Waals surface area contributed by atoms with Gasteiger partial charge in [0.15, 0.2) is 0 Å². The molecular weight excluding hydrogens is 242 g/mol. The lowest BCUT2D eigenvalue weighted by Gasteiger charge is -2.42. The van der Waals surface area contributed by atoms with Crippen molar-refractivity contribution < 1.29 is 8.78 Å². The van der Waals surface area contributed by atoms with Gasteiger partial charge in [0.2, 0.25) is 5.92 Å². The summed E-state index contributed by atoms with van der Waals surface area (Å²) >= 11 is 0. The molecule has 2 rings (SSSR count). The minimum Gasteiger partial charge on any atom is -0.207 e. The zero-order valence-electron chi connectivity index (χ0n) is 12.0. The molecule has 1 saturated carbocycles. The Bertz CT molecular complexity index is 389. The molecule has 0 nitrogen and oxygen atoms in total. The molecule has 0 saturated heterocycles. The first-order valence-corrected chi connectivity index (χ1v) is 7.41. The number of benzene rings is 1. The van der Waals surface area contributed by atoms with E-state index in [4.69, 9.17) is 0 Å². The van der Waals surface area contributed by atoms with Crippen LogP contribution in [0.5, 0.6) is 0 Å². The highest BCUT2D eigenvalue weighted by Crippen LogP contribution is 2.47. The fourth-order valence-corrected chi connectivity index (χ4v) is 3.60. The van der Waals surface area contributed by atoms with Gasteiger partial charge in [-0.1, -0.05) is 50.6 Å². The Morgan fingerprint density at radius 1 is 1.16 bits per heavy atom. The standard InChI is InChI=1S/C17H24F2/c1-3-11-16(2,14-7-5-4-6-8-14)15-9-12-17(18,19)13-10-15/h4-8,15H,3,9-13H2,1-2H3. The van der Waals surface area contributed by atoms with Crippen molar-refractivity contribution in [2.24, 2.45) is 5.92 Å². The van der Waals surface area contributed by atoms with Gasteiger partial charge >= 0.3 is 0 Å². The number of hydrogen-bond acceptors (Lipinski definition) is 0. The van der Waals surface area contributed by atoms with Crippen LogP contribution in [0.25, 0.3) is 0 Å². The first-order chi connectivity index (χ1) is 8.98. The van der Waals surface area contributed by atoms with E-state index in [0.717, 1.165) is 12.8 Å². The third-order valence-electron chi connectivity index (χ3n) is 4.82. The van der Waals surface area contributed by atoms with Gasteiger partial charge in [0.1, 0.15) is 0 Å². The Morgan fingerprint density at radius 2 is 1.74 bits per heavy atom. The molecule has 0 radical (unpaired) electrons. The lowest BCUT2D eigenvalue weighted by Crippen LogP contribution is -2.37. The van der Waals surface area contributed by atoms with Crippen LogP contribution >= 0.6 is 0 Å². The first-order valence-electron chi connectivity index (χ1n) is 7.41. The van der Waals surface area contributed by atoms with Crippen LogP contribution in [-0.4, -0.2) is 5.92 Å². The first kappa shape index (κ1) is 14.5. The van der Waals surface area contributed by atoms with E-state index in [-0.39, 0.29) is 18.3 Å². The molecule has 0 heterocycles. The molecule has 1 aliphatic carbocycles. The second kappa shape index (κ2) is 5.60. The Kier molecular flexibility index (Phi) is 4.27. The van der Waals surface area contributed by atoms with E-state index in [1.807, 2.05) is 6.07 Å². The number of rotatable bonds is 4. The fraction of sp³-hybridized carbons (Fsp3) is 0.647. The van der Waals surface area contributed by atoms with Crippen molar-refractivity contribution in [2.75, 3.05) is 0 Å². The van der Waals surface area contributed by atoms with Gasteiger partial charge in [-0.2, -0.15) is 0 Å². The van der Waals surface area contributed by atoms with Gasteiger partial charge < -0.3 is 0 Å². The monoisotopic (exact) mass is 266 g/mol. The maximum Gasteiger partial charge on any atom is 0.248 e. The lowest BCUT2D eigenvalue weighted by molar-refractivity contribution is -0.0549. The largest absolute Gasteiger partial charge is 0.248 e. The summed E-state index contributed by atoms with van der Waals surface area (Å²) in [5.74, 6) is -2.05. The molecule has 1 atom stereocenters. The van der Waals surface area contributed by atoms with Crippen LogP contribution in [0.15, 0.2) is 30.3 Å². The Balaban J connectivity index is 2.21. The van der Waals surface area contributed by atoms with Crippen molar-refractivity contribution in [3.63, 3.8) is 0 Å². The molecule has 0 spiro atoms. The fourth-order valence-electron chi connectivity index (χ4n) is 3.60. The highest BCUT2D eigenvalue weighted by molar-refractivity contribution is 5.25. The van der Waals surface area contributed by atoms with E-state index in [1.54, 1.807) is 0 Å². The van der Waals surface area contributed by atoms with Crippen molar-refractivity contribution >= 4 is 0 Å². The molecule has 106 valence electrons. The molecular formula is C17H24F2. The summed E-state index contributed by atoms with van der Waals surface area (Å²) in [4.78, 5) is 0. The average molecular weight is 266 g/mol. The molecule has 1 aromatic rings. The quantitative estimate of drug-likeness (QED) is 0.668. The number of halogens is 2. The van der Waals surface area contributed by atoms with Gasteiger partial charge in [-0.25, -0.2) is 8.78 Å². The molecule has 0 aromatic heterocycles. The van der Waals surface area contributed by atoms with Crippen molar-refractivity contribution in [3.05, 3.63) is 35.9 Å². The van der Waals surface area contributed by atoms with Crippen LogP contribution in [0.3, 0.4) is 0 Å². The molecule has 0 N–H and O–H groups in total. The zero-order chi connectivity index (χ0) is 13.9. The van der Waals surface area contributed by atoms with Gasteiger partial charge in [-0.05, 0) is 36.2 Å². The van der Waals surface area contributed by atoms with E-state index in [1.165, 1.54) is 5.56 Å². The minimum atomic E-state index is -2.43. The Labute approximate surface area is 115 Å². The third-order valence-corrected chi connectivity index (χ3v) is 4.82. The van der Waals surface area contributed by atoms with Crippen LogP contribution in [0.2, 0.25) is 0 Å². The molecule has 1 fully saturated rings. The summed E-state index contributed by atoms with van der Waals surface area (Å²) in [5.41, 5.74) is 1.36. The highest BCUT2D eigenvalue weighted by Gasteiger charge is 2.42. The molecule has 0 aliphatic heterocycles. The number of alkyl halides is 2. The van der Waals surface area contributed by atoms with Gasteiger partial charge in [0.25, 0.3) is 0 Å². The van der Waals surface area contributed by atoms with Crippen LogP contribution in [0, 0.1) is 5.92 Å². The van der Waals surface area contributed by atoms with E-state index >= 15 is 0 Å². The maximum absolute atomic E-state index is 13.4. The summed E-state index contributed by atoms with van der Waals surface area (Å²) in [5, 5.41) is 0. The maximum atomic E-state index is 13.4.